The van der Waals surface area contributed by atoms with Crippen LogP contribution in [0.4, 0.5) is 0 Å². The molecular formula is C19H23N3. The van der Waals surface area contributed by atoms with Crippen molar-refractivity contribution >= 4 is 11.2 Å². The van der Waals surface area contributed by atoms with E-state index in [9.17, 15) is 0 Å². The van der Waals surface area contributed by atoms with Crippen molar-refractivity contribution in [1.82, 2.24) is 14.5 Å². The van der Waals surface area contributed by atoms with E-state index in [2.05, 4.69) is 62.6 Å². The van der Waals surface area contributed by atoms with Gasteiger partial charge in [-0.3, -0.25) is 4.57 Å². The van der Waals surface area contributed by atoms with E-state index in [1.807, 2.05) is 13.0 Å². The van der Waals surface area contributed by atoms with Crippen LogP contribution < -0.4 is 0 Å². The van der Waals surface area contributed by atoms with Gasteiger partial charge in [0, 0.05) is 17.8 Å². The number of aromatic nitrogens is 3. The van der Waals surface area contributed by atoms with E-state index in [4.69, 9.17) is 9.97 Å². The summed E-state index contributed by atoms with van der Waals surface area (Å²) in [7, 11) is 0. The maximum absolute atomic E-state index is 4.92. The van der Waals surface area contributed by atoms with Crippen molar-refractivity contribution < 1.29 is 0 Å². The number of imidazole rings is 1. The Morgan fingerprint density at radius 3 is 2.32 bits per heavy atom. The molecule has 0 aliphatic rings. The molecule has 0 radical (unpaired) electrons. The first-order valence-electron chi connectivity index (χ1n) is 7.76. The van der Waals surface area contributed by atoms with Crippen molar-refractivity contribution in [1.29, 1.82) is 0 Å². The van der Waals surface area contributed by atoms with Crippen LogP contribution in [-0.2, 0) is 6.42 Å². The van der Waals surface area contributed by atoms with Crippen LogP contribution in [0.1, 0.15) is 37.9 Å². The average molecular weight is 293 g/mol. The summed E-state index contributed by atoms with van der Waals surface area (Å²) in [5.41, 5.74) is 5.49. The highest BCUT2D eigenvalue weighted by Crippen LogP contribution is 2.27. The standard InChI is InChI=1S/C19H23N3/c1-13-11-14(2)20-18-17(13)21-16(12-19(3,4)5)22(18)15-9-7-6-8-10-15/h6-11H,12H2,1-5H3. The minimum atomic E-state index is 0.177. The lowest BCUT2D eigenvalue weighted by Gasteiger charge is -2.18. The second-order valence-electron chi connectivity index (χ2n) is 7.19. The molecule has 0 saturated carbocycles. The Balaban J connectivity index is 2.32. The molecule has 0 aliphatic heterocycles. The van der Waals surface area contributed by atoms with E-state index in [1.54, 1.807) is 0 Å². The molecule has 2 aromatic heterocycles. The number of pyridine rings is 1. The van der Waals surface area contributed by atoms with Crippen molar-refractivity contribution in [3.05, 3.63) is 53.5 Å². The predicted octanol–water partition coefficient (Wildman–Crippen LogP) is 4.63. The van der Waals surface area contributed by atoms with Gasteiger partial charge in [-0.15, -0.1) is 0 Å². The first-order chi connectivity index (χ1) is 10.3. The first kappa shape index (κ1) is 14.8. The summed E-state index contributed by atoms with van der Waals surface area (Å²) in [6.45, 7) is 10.9. The second kappa shape index (κ2) is 5.24. The maximum atomic E-state index is 4.92. The highest BCUT2D eigenvalue weighted by Gasteiger charge is 2.20. The molecule has 0 atom stereocenters. The van der Waals surface area contributed by atoms with Crippen LogP contribution in [0.2, 0.25) is 0 Å². The molecule has 0 amide bonds. The lowest BCUT2D eigenvalue weighted by molar-refractivity contribution is 0.399. The number of aryl methyl sites for hydroxylation is 2. The second-order valence-corrected chi connectivity index (χ2v) is 7.19. The Kier molecular flexibility index (Phi) is 3.51. The molecule has 3 rings (SSSR count). The molecule has 2 heterocycles. The summed E-state index contributed by atoms with van der Waals surface area (Å²) in [6.07, 6.45) is 0.913. The molecule has 0 unspecified atom stereocenters. The molecular weight excluding hydrogens is 270 g/mol. The van der Waals surface area contributed by atoms with E-state index in [0.29, 0.717) is 0 Å². The SMILES string of the molecule is Cc1cc(C)c2nc(CC(C)(C)C)n(-c3ccccc3)c2n1. The molecule has 0 N–H and O–H groups in total. The van der Waals surface area contributed by atoms with Gasteiger partial charge in [0.05, 0.1) is 0 Å². The van der Waals surface area contributed by atoms with Crippen molar-refractivity contribution in [2.45, 2.75) is 41.0 Å². The van der Waals surface area contributed by atoms with Gasteiger partial charge >= 0.3 is 0 Å². The molecule has 3 aromatic rings. The zero-order valence-corrected chi connectivity index (χ0v) is 14.0. The van der Waals surface area contributed by atoms with Gasteiger partial charge < -0.3 is 0 Å². The highest BCUT2D eigenvalue weighted by molar-refractivity contribution is 5.78. The van der Waals surface area contributed by atoms with Gasteiger partial charge in [0.2, 0.25) is 0 Å². The predicted molar refractivity (Wildman–Crippen MR) is 91.5 cm³/mol. The third-order valence-electron chi connectivity index (χ3n) is 3.71. The molecule has 3 nitrogen and oxygen atoms in total. The van der Waals surface area contributed by atoms with E-state index in [1.165, 1.54) is 5.56 Å². The molecule has 0 aliphatic carbocycles. The third kappa shape index (κ3) is 2.76. The van der Waals surface area contributed by atoms with Gasteiger partial charge in [-0.05, 0) is 43.0 Å². The first-order valence-corrected chi connectivity index (χ1v) is 7.76. The zero-order valence-electron chi connectivity index (χ0n) is 14.0. The molecule has 114 valence electrons. The Hall–Kier alpha value is -2.16. The van der Waals surface area contributed by atoms with Crippen molar-refractivity contribution in [2.75, 3.05) is 0 Å². The van der Waals surface area contributed by atoms with Crippen LogP contribution >= 0.6 is 0 Å². The van der Waals surface area contributed by atoms with Gasteiger partial charge in [0.25, 0.3) is 0 Å². The third-order valence-corrected chi connectivity index (χ3v) is 3.71. The molecule has 1 aromatic carbocycles. The van der Waals surface area contributed by atoms with Gasteiger partial charge in [-0.25, -0.2) is 9.97 Å². The molecule has 3 heteroatoms. The molecule has 0 bridgehead atoms. The van der Waals surface area contributed by atoms with Gasteiger partial charge in [-0.1, -0.05) is 39.0 Å². The van der Waals surface area contributed by atoms with Crippen molar-refractivity contribution in [3.8, 4) is 5.69 Å². The maximum Gasteiger partial charge on any atom is 0.165 e. The minimum absolute atomic E-state index is 0.177. The summed E-state index contributed by atoms with van der Waals surface area (Å²) < 4.78 is 2.21. The number of rotatable bonds is 2. The van der Waals surface area contributed by atoms with E-state index >= 15 is 0 Å². The minimum Gasteiger partial charge on any atom is -0.281 e. The largest absolute Gasteiger partial charge is 0.281 e. The summed E-state index contributed by atoms with van der Waals surface area (Å²) in [5.74, 6) is 1.08. The smallest absolute Gasteiger partial charge is 0.165 e. The fourth-order valence-electron chi connectivity index (χ4n) is 2.85. The normalized spacial score (nSPS) is 12.0. The van der Waals surface area contributed by atoms with Crippen LogP contribution in [-0.4, -0.2) is 14.5 Å². The topological polar surface area (TPSA) is 30.7 Å². The quantitative estimate of drug-likeness (QED) is 0.690. The lowest BCUT2D eigenvalue weighted by atomic mass is 9.92. The van der Waals surface area contributed by atoms with Crippen LogP contribution in [0.5, 0.6) is 0 Å². The highest BCUT2D eigenvalue weighted by atomic mass is 15.1. The number of hydrogen-bond acceptors (Lipinski definition) is 2. The fourth-order valence-corrected chi connectivity index (χ4v) is 2.85. The summed E-state index contributed by atoms with van der Waals surface area (Å²) >= 11 is 0. The Morgan fingerprint density at radius 2 is 1.68 bits per heavy atom. The monoisotopic (exact) mass is 293 g/mol. The molecule has 0 saturated heterocycles. The number of hydrogen-bond donors (Lipinski definition) is 0. The van der Waals surface area contributed by atoms with Gasteiger partial charge in [0.15, 0.2) is 5.65 Å². The Labute approximate surface area is 132 Å². The molecule has 22 heavy (non-hydrogen) atoms. The zero-order chi connectivity index (χ0) is 15.9. The molecule has 0 fully saturated rings. The summed E-state index contributed by atoms with van der Waals surface area (Å²) in [4.78, 5) is 9.68. The number of para-hydroxylation sites is 1. The van der Waals surface area contributed by atoms with Crippen LogP contribution in [0.3, 0.4) is 0 Å². The average Bonchev–Trinajstić information content (AvgIpc) is 2.76. The van der Waals surface area contributed by atoms with Crippen LogP contribution in [0.25, 0.3) is 16.9 Å². The fraction of sp³-hybridized carbons (Fsp3) is 0.368. The van der Waals surface area contributed by atoms with E-state index in [-0.39, 0.29) is 5.41 Å². The van der Waals surface area contributed by atoms with E-state index < -0.39 is 0 Å². The van der Waals surface area contributed by atoms with Crippen molar-refractivity contribution in [3.63, 3.8) is 0 Å². The number of benzene rings is 1. The van der Waals surface area contributed by atoms with Crippen LogP contribution in [0.15, 0.2) is 36.4 Å². The summed E-state index contributed by atoms with van der Waals surface area (Å²) in [5, 5.41) is 0. The lowest BCUT2D eigenvalue weighted by Crippen LogP contribution is -2.14. The number of nitrogens with zero attached hydrogens (tertiary/aromatic N) is 3. The molecule has 0 spiro atoms. The Morgan fingerprint density at radius 1 is 1.00 bits per heavy atom. The van der Waals surface area contributed by atoms with Gasteiger partial charge in [-0.2, -0.15) is 0 Å². The van der Waals surface area contributed by atoms with E-state index in [0.717, 1.165) is 34.8 Å². The van der Waals surface area contributed by atoms with Crippen molar-refractivity contribution in [2.24, 2.45) is 5.41 Å². The van der Waals surface area contributed by atoms with Gasteiger partial charge in [0.1, 0.15) is 11.3 Å². The van der Waals surface area contributed by atoms with Crippen LogP contribution in [0, 0.1) is 19.3 Å². The number of fused-ring (bicyclic) bond motifs is 1. The summed E-state index contributed by atoms with van der Waals surface area (Å²) in [6, 6.07) is 12.5. The Bertz CT molecular complexity index is 808.